The average Bonchev–Trinajstić information content (AvgIpc) is 3.54. The molecule has 4 heterocycles. The smallest absolute Gasteiger partial charge is 0.174 e. The lowest BCUT2D eigenvalue weighted by molar-refractivity contribution is 0.438. The van der Waals surface area contributed by atoms with Gasteiger partial charge in [0, 0.05) is 47.0 Å². The molecular formula is C30H29BrClN5S. The summed E-state index contributed by atoms with van der Waals surface area (Å²) in [5.41, 5.74) is 5.19. The number of thiocarbonyl (C=S) groups is 1. The number of hydrogen-bond donors (Lipinski definition) is 1. The number of halogens is 2. The fourth-order valence-electron chi connectivity index (χ4n) is 5.56. The standard InChI is InChI=1S/C30H29BrClN5S/c1-20-13-17-35(18-14-20)26-12-11-23(19-24(26)32)37-29(28(34-30(37)38)25-5-2-3-15-33-25)27-6-4-16-36(27)22-9-7-21(31)8-10-22/h2-12,15-16,19-20,28-29H,13-14,17-18H2,1H3,(H,34,38)/t28-,29+/m0/s1. The number of nitrogens with one attached hydrogen (secondary N) is 1. The topological polar surface area (TPSA) is 36.3 Å². The second-order valence-corrected chi connectivity index (χ2v) is 11.8. The van der Waals surface area contributed by atoms with Crippen molar-refractivity contribution in [1.29, 1.82) is 0 Å². The number of aromatic nitrogens is 2. The van der Waals surface area contributed by atoms with Crippen LogP contribution in [-0.2, 0) is 0 Å². The summed E-state index contributed by atoms with van der Waals surface area (Å²) in [5.74, 6) is 0.767. The van der Waals surface area contributed by atoms with Crippen molar-refractivity contribution in [2.45, 2.75) is 31.8 Å². The largest absolute Gasteiger partial charge is 0.370 e. The van der Waals surface area contributed by atoms with Gasteiger partial charge in [0.05, 0.1) is 22.4 Å². The summed E-state index contributed by atoms with van der Waals surface area (Å²) in [5, 5.41) is 4.98. The molecule has 0 radical (unpaired) electrons. The lowest BCUT2D eigenvalue weighted by Crippen LogP contribution is -2.33. The highest BCUT2D eigenvalue weighted by Gasteiger charge is 2.42. The van der Waals surface area contributed by atoms with E-state index in [2.05, 4.69) is 109 Å². The molecule has 0 saturated carbocycles. The van der Waals surface area contributed by atoms with Gasteiger partial charge >= 0.3 is 0 Å². The summed E-state index contributed by atoms with van der Waals surface area (Å²) >= 11 is 16.5. The van der Waals surface area contributed by atoms with Crippen molar-refractivity contribution in [2.75, 3.05) is 22.9 Å². The number of nitrogens with zero attached hydrogens (tertiary/aromatic N) is 4. The Balaban J connectivity index is 1.42. The van der Waals surface area contributed by atoms with Gasteiger partial charge in [-0.1, -0.05) is 40.5 Å². The Morgan fingerprint density at radius 1 is 0.974 bits per heavy atom. The van der Waals surface area contributed by atoms with Crippen LogP contribution in [0.5, 0.6) is 0 Å². The maximum atomic E-state index is 6.94. The van der Waals surface area contributed by atoms with E-state index in [0.29, 0.717) is 5.11 Å². The maximum Gasteiger partial charge on any atom is 0.174 e. The number of hydrogen-bond acceptors (Lipinski definition) is 3. The third-order valence-corrected chi connectivity index (χ3v) is 8.77. The normalized spacial score (nSPS) is 20.1. The SMILES string of the molecule is CC1CCN(c2ccc(N3C(=S)N[C@@H](c4ccccn4)[C@H]3c3cccn3-c3ccc(Br)cc3)cc2Cl)CC1. The molecule has 2 aromatic heterocycles. The van der Waals surface area contributed by atoms with Gasteiger partial charge in [-0.25, -0.2) is 0 Å². The van der Waals surface area contributed by atoms with Crippen LogP contribution < -0.4 is 15.1 Å². The fourth-order valence-corrected chi connectivity index (χ4v) is 6.46. The maximum absolute atomic E-state index is 6.94. The zero-order chi connectivity index (χ0) is 26.2. The molecule has 0 bridgehead atoms. The van der Waals surface area contributed by atoms with E-state index in [1.54, 1.807) is 0 Å². The van der Waals surface area contributed by atoms with Crippen LogP contribution in [0.2, 0.25) is 5.02 Å². The highest BCUT2D eigenvalue weighted by molar-refractivity contribution is 9.10. The number of rotatable bonds is 5. The van der Waals surface area contributed by atoms with Crippen molar-refractivity contribution >= 4 is 56.2 Å². The van der Waals surface area contributed by atoms with Gasteiger partial charge < -0.3 is 19.7 Å². The molecule has 0 unspecified atom stereocenters. The van der Waals surface area contributed by atoms with Gasteiger partial charge in [-0.3, -0.25) is 4.98 Å². The zero-order valence-electron chi connectivity index (χ0n) is 21.1. The number of benzene rings is 2. The van der Waals surface area contributed by atoms with Crippen LogP contribution in [0.3, 0.4) is 0 Å². The molecule has 2 aliphatic heterocycles. The molecule has 0 aliphatic carbocycles. The average molecular weight is 607 g/mol. The summed E-state index contributed by atoms with van der Waals surface area (Å²) in [4.78, 5) is 9.29. The molecule has 0 spiro atoms. The summed E-state index contributed by atoms with van der Waals surface area (Å²) in [7, 11) is 0. The molecule has 1 N–H and O–H groups in total. The molecule has 2 fully saturated rings. The van der Waals surface area contributed by atoms with Crippen molar-refractivity contribution in [3.8, 4) is 5.69 Å². The molecule has 5 nitrogen and oxygen atoms in total. The highest BCUT2D eigenvalue weighted by Crippen LogP contribution is 2.44. The van der Waals surface area contributed by atoms with E-state index in [1.807, 2.05) is 18.3 Å². The van der Waals surface area contributed by atoms with Crippen molar-refractivity contribution in [3.05, 3.63) is 106 Å². The van der Waals surface area contributed by atoms with Crippen LogP contribution >= 0.6 is 39.7 Å². The second kappa shape index (κ2) is 10.7. The van der Waals surface area contributed by atoms with Crippen LogP contribution in [0.4, 0.5) is 11.4 Å². The summed E-state index contributed by atoms with van der Waals surface area (Å²) in [6, 6.07) is 24.7. The number of piperidine rings is 1. The summed E-state index contributed by atoms with van der Waals surface area (Å²) in [6.45, 7) is 4.40. The van der Waals surface area contributed by atoms with Crippen LogP contribution in [-0.4, -0.2) is 27.8 Å². The van der Waals surface area contributed by atoms with E-state index in [4.69, 9.17) is 28.8 Å². The predicted octanol–water partition coefficient (Wildman–Crippen LogP) is 7.70. The molecular weight excluding hydrogens is 578 g/mol. The first-order valence-electron chi connectivity index (χ1n) is 13.0. The molecule has 0 amide bonds. The Morgan fingerprint density at radius 2 is 1.74 bits per heavy atom. The lowest BCUT2D eigenvalue weighted by Gasteiger charge is -2.33. The van der Waals surface area contributed by atoms with E-state index in [-0.39, 0.29) is 12.1 Å². The molecule has 2 aromatic carbocycles. The molecule has 38 heavy (non-hydrogen) atoms. The molecule has 2 saturated heterocycles. The van der Waals surface area contributed by atoms with Crippen LogP contribution in [0, 0.1) is 5.92 Å². The van der Waals surface area contributed by atoms with E-state index in [9.17, 15) is 0 Å². The van der Waals surface area contributed by atoms with Gasteiger partial charge in [0.15, 0.2) is 5.11 Å². The van der Waals surface area contributed by atoms with E-state index >= 15 is 0 Å². The van der Waals surface area contributed by atoms with Crippen molar-refractivity contribution in [2.24, 2.45) is 5.92 Å². The molecule has 6 rings (SSSR count). The van der Waals surface area contributed by atoms with E-state index in [1.165, 1.54) is 12.8 Å². The van der Waals surface area contributed by atoms with E-state index in [0.717, 1.165) is 57.0 Å². The van der Waals surface area contributed by atoms with Gasteiger partial charge in [-0.15, -0.1) is 0 Å². The van der Waals surface area contributed by atoms with Crippen LogP contribution in [0.15, 0.2) is 89.7 Å². The summed E-state index contributed by atoms with van der Waals surface area (Å²) in [6.07, 6.45) is 6.32. The Hall–Kier alpha value is -2.87. The Morgan fingerprint density at radius 3 is 2.45 bits per heavy atom. The molecule has 4 aromatic rings. The highest BCUT2D eigenvalue weighted by atomic mass is 79.9. The first-order valence-corrected chi connectivity index (χ1v) is 14.6. The molecule has 194 valence electrons. The van der Waals surface area contributed by atoms with Gasteiger partial charge in [-0.05, 0) is 97.7 Å². The minimum atomic E-state index is -0.131. The second-order valence-electron chi connectivity index (χ2n) is 10.1. The lowest BCUT2D eigenvalue weighted by atomic mass is 9.98. The third-order valence-electron chi connectivity index (χ3n) is 7.62. The first-order chi connectivity index (χ1) is 18.5. The zero-order valence-corrected chi connectivity index (χ0v) is 24.3. The quantitative estimate of drug-likeness (QED) is 0.236. The van der Waals surface area contributed by atoms with Crippen LogP contribution in [0.1, 0.15) is 43.2 Å². The molecule has 2 aliphatic rings. The minimum absolute atomic E-state index is 0.130. The monoisotopic (exact) mass is 605 g/mol. The van der Waals surface area contributed by atoms with Gasteiger partial charge in [0.1, 0.15) is 6.04 Å². The molecule has 8 heteroatoms. The first kappa shape index (κ1) is 25.4. The van der Waals surface area contributed by atoms with Crippen molar-refractivity contribution < 1.29 is 0 Å². The van der Waals surface area contributed by atoms with Crippen molar-refractivity contribution in [3.63, 3.8) is 0 Å². The summed E-state index contributed by atoms with van der Waals surface area (Å²) < 4.78 is 3.27. The minimum Gasteiger partial charge on any atom is -0.370 e. The Kier molecular flexibility index (Phi) is 7.16. The Bertz CT molecular complexity index is 1430. The predicted molar refractivity (Wildman–Crippen MR) is 163 cm³/mol. The van der Waals surface area contributed by atoms with Crippen molar-refractivity contribution in [1.82, 2.24) is 14.9 Å². The van der Waals surface area contributed by atoms with Gasteiger partial charge in [0.2, 0.25) is 0 Å². The number of pyridine rings is 1. The fraction of sp³-hybridized carbons (Fsp3) is 0.267. The van der Waals surface area contributed by atoms with Gasteiger partial charge in [0.25, 0.3) is 0 Å². The van der Waals surface area contributed by atoms with Crippen LogP contribution in [0.25, 0.3) is 5.69 Å². The Labute approximate surface area is 242 Å². The molecule has 2 atom stereocenters. The van der Waals surface area contributed by atoms with Gasteiger partial charge in [-0.2, -0.15) is 0 Å². The third kappa shape index (κ3) is 4.83. The number of anilines is 2. The van der Waals surface area contributed by atoms with E-state index < -0.39 is 0 Å².